The van der Waals surface area contributed by atoms with Crippen LogP contribution >= 0.6 is 23.2 Å². The minimum Gasteiger partial charge on any atom is -0.444 e. The highest BCUT2D eigenvalue weighted by Crippen LogP contribution is 2.32. The molecule has 14 heteroatoms. The molecule has 12 nitrogen and oxygen atoms in total. The van der Waals surface area contributed by atoms with Crippen LogP contribution < -0.4 is 16.4 Å². The molecule has 1 amide bonds. The van der Waals surface area contributed by atoms with Gasteiger partial charge in [0.25, 0.3) is 11.1 Å². The van der Waals surface area contributed by atoms with Crippen molar-refractivity contribution in [3.63, 3.8) is 0 Å². The van der Waals surface area contributed by atoms with Gasteiger partial charge in [0.15, 0.2) is 0 Å². The molecular formula is C33H38Cl2N8O4. The van der Waals surface area contributed by atoms with E-state index in [2.05, 4.69) is 35.2 Å². The van der Waals surface area contributed by atoms with Crippen LogP contribution in [0.4, 0.5) is 4.79 Å². The molecule has 2 fully saturated rings. The third-order valence-corrected chi connectivity index (χ3v) is 8.67. The minimum absolute atomic E-state index is 0.0130. The van der Waals surface area contributed by atoms with Gasteiger partial charge >= 0.3 is 6.09 Å². The number of ether oxygens (including phenoxy) is 1. The second-order valence-corrected chi connectivity index (χ2v) is 13.2. The summed E-state index contributed by atoms with van der Waals surface area (Å²) in [6, 6.07) is 7.19. The number of H-pyrrole nitrogens is 2. The van der Waals surface area contributed by atoms with Gasteiger partial charge in [-0.3, -0.25) is 19.6 Å². The summed E-state index contributed by atoms with van der Waals surface area (Å²) in [6.45, 7) is 8.47. The molecule has 47 heavy (non-hydrogen) atoms. The number of hydrogen-bond acceptors (Lipinski definition) is 9. The van der Waals surface area contributed by atoms with E-state index >= 15 is 0 Å². The van der Waals surface area contributed by atoms with E-state index in [1.165, 1.54) is 0 Å². The molecule has 0 radical (unpaired) electrons. The van der Waals surface area contributed by atoms with Crippen molar-refractivity contribution < 1.29 is 9.53 Å². The molecule has 3 N–H and O–H groups in total. The number of likely N-dealkylation sites (tertiary alicyclic amines) is 1. The van der Waals surface area contributed by atoms with Crippen LogP contribution in [-0.4, -0.2) is 72.7 Å². The summed E-state index contributed by atoms with van der Waals surface area (Å²) in [5.74, 6) is 1.28. The second kappa shape index (κ2) is 15.2. The van der Waals surface area contributed by atoms with Crippen LogP contribution in [0.2, 0.25) is 10.0 Å². The van der Waals surface area contributed by atoms with Crippen LogP contribution in [0.3, 0.4) is 0 Å². The molecule has 2 aliphatic rings. The zero-order chi connectivity index (χ0) is 33.6. The number of piperidine rings is 2. The van der Waals surface area contributed by atoms with Gasteiger partial charge in [-0.25, -0.2) is 14.8 Å². The lowest BCUT2D eigenvalue weighted by Gasteiger charge is -2.33. The van der Waals surface area contributed by atoms with Crippen LogP contribution in [-0.2, 0) is 4.74 Å². The molecule has 0 bridgehead atoms. The highest BCUT2D eigenvalue weighted by molar-refractivity contribution is 6.31. The Morgan fingerprint density at radius 3 is 1.62 bits per heavy atom. The summed E-state index contributed by atoms with van der Waals surface area (Å²) in [5.41, 5.74) is 1.74. The summed E-state index contributed by atoms with van der Waals surface area (Å²) in [5, 5.41) is 3.63. The minimum atomic E-state index is -0.523. The van der Waals surface area contributed by atoms with E-state index < -0.39 is 5.60 Å². The van der Waals surface area contributed by atoms with Crippen LogP contribution in [0.5, 0.6) is 0 Å². The van der Waals surface area contributed by atoms with Gasteiger partial charge < -0.3 is 24.9 Å². The molecule has 6 rings (SSSR count). The van der Waals surface area contributed by atoms with Gasteiger partial charge in [-0.15, -0.1) is 0 Å². The van der Waals surface area contributed by atoms with Gasteiger partial charge in [0.1, 0.15) is 27.3 Å². The molecule has 0 atom stereocenters. The highest BCUT2D eigenvalue weighted by atomic mass is 35.5. The fraction of sp³-hybridized carbons (Fsp3) is 0.424. The molecule has 4 aromatic heterocycles. The van der Waals surface area contributed by atoms with Crippen molar-refractivity contribution in [2.24, 2.45) is 0 Å². The Kier molecular flexibility index (Phi) is 11.1. The van der Waals surface area contributed by atoms with E-state index in [-0.39, 0.29) is 39.1 Å². The number of nitrogens with one attached hydrogen (secondary N) is 3. The van der Waals surface area contributed by atoms with E-state index in [1.54, 1.807) is 41.8 Å². The Bertz CT molecular complexity index is 1780. The average Bonchev–Trinajstić information content (AvgIpc) is 3.08. The van der Waals surface area contributed by atoms with E-state index in [0.29, 0.717) is 49.0 Å². The quantitative estimate of drug-likeness (QED) is 0.251. The van der Waals surface area contributed by atoms with Crippen molar-refractivity contribution in [3.8, 4) is 22.8 Å². The number of carbonyl (C=O) groups is 1. The fourth-order valence-electron chi connectivity index (χ4n) is 5.54. The first kappa shape index (κ1) is 34.2. The highest BCUT2D eigenvalue weighted by Gasteiger charge is 2.30. The maximum Gasteiger partial charge on any atom is 0.410 e. The lowest BCUT2D eigenvalue weighted by molar-refractivity contribution is 0.0204. The van der Waals surface area contributed by atoms with Crippen molar-refractivity contribution in [1.29, 1.82) is 0 Å². The molecule has 0 aliphatic carbocycles. The number of amides is 1. The number of pyridine rings is 2. The molecule has 0 aromatic carbocycles. The first-order valence-corrected chi connectivity index (χ1v) is 16.3. The SMILES string of the molecule is CC(C)(C)OC(=O)N1CCC(c2nc(-c3ccncc3)[nH]c(=O)c2Cl)CC1.O=c1[nH]c(-c2ccncc2)nc(C2CCNCC2)c1Cl. The number of rotatable bonds is 4. The summed E-state index contributed by atoms with van der Waals surface area (Å²) < 4.78 is 5.42. The Morgan fingerprint density at radius 2 is 1.19 bits per heavy atom. The van der Waals surface area contributed by atoms with Crippen molar-refractivity contribution >= 4 is 29.3 Å². The van der Waals surface area contributed by atoms with Crippen LogP contribution in [0.15, 0.2) is 58.6 Å². The van der Waals surface area contributed by atoms with E-state index in [4.69, 9.17) is 27.9 Å². The number of halogens is 2. The predicted octanol–water partition coefficient (Wildman–Crippen LogP) is 5.55. The number of hydrogen-bond donors (Lipinski definition) is 3. The third kappa shape index (κ3) is 8.82. The summed E-state index contributed by atoms with van der Waals surface area (Å²) in [7, 11) is 0. The van der Waals surface area contributed by atoms with Crippen molar-refractivity contribution in [2.75, 3.05) is 26.2 Å². The number of carbonyl (C=O) groups excluding carboxylic acids is 1. The van der Waals surface area contributed by atoms with Gasteiger partial charge in [-0.1, -0.05) is 23.2 Å². The van der Waals surface area contributed by atoms with Gasteiger partial charge in [0.05, 0.1) is 11.4 Å². The van der Waals surface area contributed by atoms with Gasteiger partial charge in [0.2, 0.25) is 0 Å². The average molecular weight is 682 g/mol. The van der Waals surface area contributed by atoms with Crippen LogP contribution in [0.1, 0.15) is 69.7 Å². The Labute approximate surface area is 282 Å². The van der Waals surface area contributed by atoms with Crippen molar-refractivity contribution in [1.82, 2.24) is 40.1 Å². The monoisotopic (exact) mass is 680 g/mol. The second-order valence-electron chi connectivity index (χ2n) is 12.5. The summed E-state index contributed by atoms with van der Waals surface area (Å²) in [4.78, 5) is 60.8. The van der Waals surface area contributed by atoms with Crippen LogP contribution in [0, 0.1) is 0 Å². The molecule has 0 saturated carbocycles. The molecule has 248 valence electrons. The van der Waals surface area contributed by atoms with Gasteiger partial charge in [0, 0.05) is 60.8 Å². The molecule has 4 aromatic rings. The number of nitrogens with zero attached hydrogens (tertiary/aromatic N) is 5. The molecule has 2 saturated heterocycles. The number of aromatic nitrogens is 6. The van der Waals surface area contributed by atoms with Crippen molar-refractivity contribution in [2.45, 2.75) is 63.9 Å². The molecule has 6 heterocycles. The fourth-order valence-corrected chi connectivity index (χ4v) is 6.03. The lowest BCUT2D eigenvalue weighted by Crippen LogP contribution is -2.41. The van der Waals surface area contributed by atoms with Crippen molar-refractivity contribution in [3.05, 3.63) is 91.2 Å². The Hall–Kier alpha value is -4.13. The first-order valence-electron chi connectivity index (χ1n) is 15.6. The molecule has 2 aliphatic heterocycles. The maximum atomic E-state index is 12.3. The normalized spacial score (nSPS) is 15.9. The van der Waals surface area contributed by atoms with E-state index in [9.17, 15) is 14.4 Å². The standard InChI is InChI=1S/C19H23ClN4O3.C14H15ClN4O/c1-19(2,3)27-18(26)24-10-6-12(7-11-24)15-14(20)17(25)23-16(22-15)13-4-8-21-9-5-13;15-11-12(9-1-5-16-6-2-9)18-13(19-14(11)20)10-3-7-17-8-4-10/h4-5,8-9,12H,6-7,10-11H2,1-3H3,(H,22,23,25);3-4,7-9,16H,1-2,5-6H2,(H,18,19,20). The zero-order valence-electron chi connectivity index (χ0n) is 26.6. The lowest BCUT2D eigenvalue weighted by atomic mass is 9.93. The smallest absolute Gasteiger partial charge is 0.410 e. The van der Waals surface area contributed by atoms with Crippen LogP contribution in [0.25, 0.3) is 22.8 Å². The Morgan fingerprint density at radius 1 is 0.766 bits per heavy atom. The topological polar surface area (TPSA) is 159 Å². The number of aromatic amines is 2. The summed E-state index contributed by atoms with van der Waals surface area (Å²) >= 11 is 12.4. The zero-order valence-corrected chi connectivity index (χ0v) is 28.1. The van der Waals surface area contributed by atoms with E-state index in [1.807, 2.05) is 32.9 Å². The van der Waals surface area contributed by atoms with Gasteiger partial charge in [-0.2, -0.15) is 0 Å². The molecule has 0 unspecified atom stereocenters. The van der Waals surface area contributed by atoms with Gasteiger partial charge in [-0.05, 0) is 83.8 Å². The predicted molar refractivity (Wildman–Crippen MR) is 181 cm³/mol. The van der Waals surface area contributed by atoms with E-state index in [0.717, 1.165) is 37.1 Å². The molecular weight excluding hydrogens is 643 g/mol. The molecule has 0 spiro atoms. The maximum absolute atomic E-state index is 12.3. The Balaban J connectivity index is 0.000000193. The first-order chi connectivity index (χ1) is 22.5. The largest absolute Gasteiger partial charge is 0.444 e. The summed E-state index contributed by atoms with van der Waals surface area (Å²) in [6.07, 6.45) is 9.56. The third-order valence-electron chi connectivity index (χ3n) is 7.94.